The first-order chi connectivity index (χ1) is 12.0. The van der Waals surface area contributed by atoms with Crippen molar-refractivity contribution in [2.45, 2.75) is 19.8 Å². The van der Waals surface area contributed by atoms with Gasteiger partial charge in [-0.1, -0.05) is 56.3 Å². The second-order valence-electron chi connectivity index (χ2n) is 6.11. The fourth-order valence-electron chi connectivity index (χ4n) is 2.62. The number of carbonyl (C=O) groups excluding carboxylic acids is 3. The molecule has 0 aliphatic carbocycles. The van der Waals surface area contributed by atoms with Crippen LogP contribution in [-0.2, 0) is 9.59 Å². The largest absolute Gasteiger partial charge is 0.335 e. The molecule has 25 heavy (non-hydrogen) atoms. The highest BCUT2D eigenvalue weighted by Gasteiger charge is 2.36. The van der Waals surface area contributed by atoms with Crippen LogP contribution in [0.1, 0.15) is 30.9 Å². The quantitative estimate of drug-likeness (QED) is 0.690. The molecule has 2 aromatic carbocycles. The SMILES string of the molecule is CC(C)c1ccc(N2C(=O)NC(=O)/C(=C\c3ccccc3)C2=O)cc1. The summed E-state index contributed by atoms with van der Waals surface area (Å²) in [6.07, 6.45) is 1.49. The van der Waals surface area contributed by atoms with Gasteiger partial charge >= 0.3 is 6.03 Å². The van der Waals surface area contributed by atoms with Gasteiger partial charge in [0.25, 0.3) is 11.8 Å². The Morgan fingerprint density at radius 2 is 1.56 bits per heavy atom. The molecule has 4 amide bonds. The lowest BCUT2D eigenvalue weighted by Gasteiger charge is -2.26. The third-order valence-electron chi connectivity index (χ3n) is 4.03. The molecule has 5 nitrogen and oxygen atoms in total. The average Bonchev–Trinajstić information content (AvgIpc) is 2.60. The van der Waals surface area contributed by atoms with Crippen molar-refractivity contribution in [3.63, 3.8) is 0 Å². The fraction of sp³-hybridized carbons (Fsp3) is 0.150. The van der Waals surface area contributed by atoms with E-state index in [1.54, 1.807) is 24.3 Å². The predicted octanol–water partition coefficient (Wildman–Crippen LogP) is 3.48. The lowest BCUT2D eigenvalue weighted by Crippen LogP contribution is -2.54. The van der Waals surface area contributed by atoms with E-state index in [0.29, 0.717) is 17.2 Å². The Labute approximate surface area is 146 Å². The van der Waals surface area contributed by atoms with Crippen molar-refractivity contribution >= 4 is 29.6 Å². The van der Waals surface area contributed by atoms with E-state index in [0.717, 1.165) is 10.5 Å². The van der Waals surface area contributed by atoms with Crippen molar-refractivity contribution in [2.24, 2.45) is 0 Å². The van der Waals surface area contributed by atoms with Gasteiger partial charge in [0.05, 0.1) is 5.69 Å². The van der Waals surface area contributed by atoms with Crippen LogP contribution >= 0.6 is 0 Å². The Hall–Kier alpha value is -3.21. The molecule has 0 unspecified atom stereocenters. The van der Waals surface area contributed by atoms with Crippen LogP contribution in [0.4, 0.5) is 10.5 Å². The maximum atomic E-state index is 12.7. The first kappa shape index (κ1) is 16.6. The molecule has 3 rings (SSSR count). The van der Waals surface area contributed by atoms with Gasteiger partial charge in [0.15, 0.2) is 0 Å². The van der Waals surface area contributed by atoms with Crippen molar-refractivity contribution < 1.29 is 14.4 Å². The summed E-state index contributed by atoms with van der Waals surface area (Å²) in [5.41, 5.74) is 2.17. The summed E-state index contributed by atoms with van der Waals surface area (Å²) in [5.74, 6) is -0.973. The minimum atomic E-state index is -0.738. The van der Waals surface area contributed by atoms with E-state index in [1.165, 1.54) is 6.08 Å². The van der Waals surface area contributed by atoms with E-state index in [-0.39, 0.29) is 5.57 Å². The lowest BCUT2D eigenvalue weighted by molar-refractivity contribution is -0.122. The van der Waals surface area contributed by atoms with Crippen molar-refractivity contribution in [3.05, 3.63) is 71.3 Å². The zero-order valence-electron chi connectivity index (χ0n) is 14.0. The van der Waals surface area contributed by atoms with E-state index in [9.17, 15) is 14.4 Å². The van der Waals surface area contributed by atoms with Crippen LogP contribution in [0.5, 0.6) is 0 Å². The zero-order chi connectivity index (χ0) is 18.0. The number of hydrogen-bond acceptors (Lipinski definition) is 3. The van der Waals surface area contributed by atoms with Gasteiger partial charge in [0, 0.05) is 0 Å². The maximum Gasteiger partial charge on any atom is 0.335 e. The number of anilines is 1. The third-order valence-corrected chi connectivity index (χ3v) is 4.03. The van der Waals surface area contributed by atoms with Crippen LogP contribution in [0, 0.1) is 0 Å². The third kappa shape index (κ3) is 3.35. The van der Waals surface area contributed by atoms with E-state index >= 15 is 0 Å². The molecule has 1 aliphatic heterocycles. The van der Waals surface area contributed by atoms with Crippen molar-refractivity contribution in [2.75, 3.05) is 4.90 Å². The van der Waals surface area contributed by atoms with E-state index in [4.69, 9.17) is 0 Å². The maximum absolute atomic E-state index is 12.7. The number of rotatable bonds is 3. The molecule has 2 aromatic rings. The van der Waals surface area contributed by atoms with E-state index in [1.807, 2.05) is 30.3 Å². The lowest BCUT2D eigenvalue weighted by atomic mass is 10.0. The van der Waals surface area contributed by atoms with Gasteiger partial charge in [-0.15, -0.1) is 0 Å². The molecule has 1 N–H and O–H groups in total. The van der Waals surface area contributed by atoms with Crippen molar-refractivity contribution in [1.82, 2.24) is 5.32 Å². The van der Waals surface area contributed by atoms with Gasteiger partial charge in [-0.2, -0.15) is 0 Å². The number of nitrogens with zero attached hydrogens (tertiary/aromatic N) is 1. The fourth-order valence-corrected chi connectivity index (χ4v) is 2.62. The molecule has 1 fully saturated rings. The van der Waals surface area contributed by atoms with Gasteiger partial charge in [-0.25, -0.2) is 9.69 Å². The summed E-state index contributed by atoms with van der Waals surface area (Å²) >= 11 is 0. The molecule has 0 saturated carbocycles. The van der Waals surface area contributed by atoms with Crippen LogP contribution in [0.15, 0.2) is 60.2 Å². The second kappa shape index (κ2) is 6.73. The molecule has 0 spiro atoms. The summed E-state index contributed by atoms with van der Waals surface area (Å²) in [4.78, 5) is 38.0. The number of benzene rings is 2. The molecule has 0 radical (unpaired) electrons. The average molecular weight is 334 g/mol. The summed E-state index contributed by atoms with van der Waals surface area (Å²) in [6, 6.07) is 15.5. The van der Waals surface area contributed by atoms with Gasteiger partial charge < -0.3 is 0 Å². The molecule has 1 heterocycles. The normalized spacial score (nSPS) is 16.5. The summed E-state index contributed by atoms with van der Waals surface area (Å²) < 4.78 is 0. The van der Waals surface area contributed by atoms with E-state index in [2.05, 4.69) is 19.2 Å². The molecule has 1 aliphatic rings. The predicted molar refractivity (Wildman–Crippen MR) is 96.0 cm³/mol. The highest BCUT2D eigenvalue weighted by Crippen LogP contribution is 2.24. The molecule has 0 aromatic heterocycles. The first-order valence-electron chi connectivity index (χ1n) is 8.04. The number of nitrogens with one attached hydrogen (secondary N) is 1. The van der Waals surface area contributed by atoms with Crippen LogP contribution in [0.25, 0.3) is 6.08 Å². The number of imide groups is 2. The van der Waals surface area contributed by atoms with Crippen LogP contribution < -0.4 is 10.2 Å². The molecular formula is C20H18N2O3. The summed E-state index contributed by atoms with van der Waals surface area (Å²) in [7, 11) is 0. The van der Waals surface area contributed by atoms with Gasteiger partial charge in [-0.05, 0) is 35.3 Å². The smallest absolute Gasteiger partial charge is 0.273 e. The molecule has 126 valence electrons. The monoisotopic (exact) mass is 334 g/mol. The molecule has 0 bridgehead atoms. The van der Waals surface area contributed by atoms with Crippen LogP contribution in [0.3, 0.4) is 0 Å². The number of amides is 4. The number of carbonyl (C=O) groups is 3. The number of urea groups is 1. The van der Waals surface area contributed by atoms with Gasteiger partial charge in [0.2, 0.25) is 0 Å². The van der Waals surface area contributed by atoms with E-state index < -0.39 is 17.8 Å². The highest BCUT2D eigenvalue weighted by atomic mass is 16.2. The molecule has 0 atom stereocenters. The molecular weight excluding hydrogens is 316 g/mol. The Morgan fingerprint density at radius 1 is 0.920 bits per heavy atom. The second-order valence-corrected chi connectivity index (χ2v) is 6.11. The zero-order valence-corrected chi connectivity index (χ0v) is 14.0. The van der Waals surface area contributed by atoms with Crippen LogP contribution in [0.2, 0.25) is 0 Å². The summed E-state index contributed by atoms with van der Waals surface area (Å²) in [6.45, 7) is 4.13. The Balaban J connectivity index is 1.97. The highest BCUT2D eigenvalue weighted by molar-refractivity contribution is 6.39. The standard InChI is InChI=1S/C20H18N2O3/c1-13(2)15-8-10-16(11-9-15)22-19(24)17(18(23)21-20(22)25)12-14-6-4-3-5-7-14/h3-13H,1-2H3,(H,21,23,25)/b17-12+. The summed E-state index contributed by atoms with van der Waals surface area (Å²) in [5, 5.41) is 2.22. The van der Waals surface area contributed by atoms with Crippen molar-refractivity contribution in [3.8, 4) is 0 Å². The molecule has 5 heteroatoms. The Bertz CT molecular complexity index is 852. The van der Waals surface area contributed by atoms with Gasteiger partial charge in [0.1, 0.15) is 5.57 Å². The van der Waals surface area contributed by atoms with Crippen molar-refractivity contribution in [1.29, 1.82) is 0 Å². The molecule has 1 saturated heterocycles. The Morgan fingerprint density at radius 3 is 2.16 bits per heavy atom. The number of barbiturate groups is 1. The van der Waals surface area contributed by atoms with Crippen LogP contribution in [-0.4, -0.2) is 17.8 Å². The van der Waals surface area contributed by atoms with Gasteiger partial charge in [-0.3, -0.25) is 14.9 Å². The number of hydrogen-bond donors (Lipinski definition) is 1. The first-order valence-corrected chi connectivity index (χ1v) is 8.04. The minimum Gasteiger partial charge on any atom is -0.273 e. The topological polar surface area (TPSA) is 66.5 Å². The minimum absolute atomic E-state index is 0.0706. The Kier molecular flexibility index (Phi) is 4.48.